The number of benzene rings is 2. The van der Waals surface area contributed by atoms with Crippen molar-refractivity contribution < 1.29 is 8.83 Å². The number of para-hydroxylation sites is 1. The molecule has 0 aliphatic carbocycles. The third-order valence-corrected chi connectivity index (χ3v) is 5.23. The van der Waals surface area contributed by atoms with Crippen LogP contribution in [0.5, 0.6) is 0 Å². The van der Waals surface area contributed by atoms with Crippen molar-refractivity contribution in [3.8, 4) is 0 Å². The topological polar surface area (TPSA) is 85.9 Å². The summed E-state index contributed by atoms with van der Waals surface area (Å²) in [6, 6.07) is 14.0. The Morgan fingerprint density at radius 1 is 1.04 bits per heavy atom. The van der Waals surface area contributed by atoms with Crippen LogP contribution in [0.25, 0.3) is 44.1 Å². The molecule has 0 fully saturated rings. The van der Waals surface area contributed by atoms with Gasteiger partial charge in [0.25, 0.3) is 0 Å². The Morgan fingerprint density at radius 2 is 1.89 bits per heavy atom. The predicted octanol–water partition coefficient (Wildman–Crippen LogP) is 4.62. The maximum atomic E-state index is 6.35. The fraction of sp³-hybridized carbons (Fsp3) is 0.0952. The normalized spacial score (nSPS) is 12.2. The molecule has 3 N–H and O–H groups in total. The van der Waals surface area contributed by atoms with Gasteiger partial charge in [-0.3, -0.25) is 0 Å². The van der Waals surface area contributed by atoms with Crippen molar-refractivity contribution in [3.05, 3.63) is 65.7 Å². The summed E-state index contributed by atoms with van der Waals surface area (Å²) in [7, 11) is 0. The number of hydrogen-bond acceptors (Lipinski definition) is 4. The number of nitrogens with zero attached hydrogens (tertiary/aromatic N) is 2. The van der Waals surface area contributed by atoms with Crippen LogP contribution in [0, 0.1) is 6.92 Å². The van der Waals surface area contributed by atoms with Crippen molar-refractivity contribution >= 4 is 44.1 Å². The fourth-order valence-corrected chi connectivity index (χ4v) is 3.88. The molecule has 27 heavy (non-hydrogen) atoms. The molecule has 4 heterocycles. The fourth-order valence-electron chi connectivity index (χ4n) is 3.88. The van der Waals surface area contributed by atoms with Crippen LogP contribution in [0.4, 0.5) is 0 Å². The van der Waals surface area contributed by atoms with E-state index in [0.717, 1.165) is 55.5 Å². The van der Waals surface area contributed by atoms with Gasteiger partial charge in [-0.05, 0) is 36.8 Å². The first-order valence-electron chi connectivity index (χ1n) is 8.82. The minimum atomic E-state index is 0.571. The number of furan rings is 2. The molecule has 0 spiro atoms. The van der Waals surface area contributed by atoms with Crippen molar-refractivity contribution in [2.75, 3.05) is 5.84 Å². The van der Waals surface area contributed by atoms with Crippen LogP contribution in [-0.2, 0) is 6.42 Å². The van der Waals surface area contributed by atoms with Gasteiger partial charge in [0.15, 0.2) is 5.58 Å². The average molecular weight is 356 g/mol. The van der Waals surface area contributed by atoms with Crippen LogP contribution >= 0.6 is 0 Å². The molecule has 2 aromatic carbocycles. The summed E-state index contributed by atoms with van der Waals surface area (Å²) in [6.07, 6.45) is 2.60. The molecular formula is C21H16N4O2. The molecule has 0 atom stereocenters. The van der Waals surface area contributed by atoms with E-state index >= 15 is 0 Å². The van der Waals surface area contributed by atoms with Crippen molar-refractivity contribution in [1.82, 2.24) is 14.6 Å². The number of imidazole rings is 1. The zero-order valence-corrected chi connectivity index (χ0v) is 14.6. The number of aromatic nitrogens is 3. The Hall–Kier alpha value is -3.67. The number of nitrogens with two attached hydrogens (primary N) is 1. The number of rotatable bonds is 2. The van der Waals surface area contributed by atoms with Crippen LogP contribution in [0.3, 0.4) is 0 Å². The number of fused-ring (bicyclic) bond motifs is 6. The lowest BCUT2D eigenvalue weighted by Crippen LogP contribution is -2.12. The molecule has 0 saturated heterocycles. The lowest BCUT2D eigenvalue weighted by molar-refractivity contribution is 0.654. The van der Waals surface area contributed by atoms with E-state index in [1.54, 1.807) is 4.68 Å². The number of H-pyrrole nitrogens is 1. The quantitative estimate of drug-likeness (QED) is 0.443. The lowest BCUT2D eigenvalue weighted by Gasteiger charge is -2.03. The highest BCUT2D eigenvalue weighted by atomic mass is 16.3. The van der Waals surface area contributed by atoms with E-state index in [4.69, 9.17) is 14.7 Å². The second-order valence-corrected chi connectivity index (χ2v) is 6.92. The van der Waals surface area contributed by atoms with Crippen LogP contribution in [-0.4, -0.2) is 14.6 Å². The predicted molar refractivity (Wildman–Crippen MR) is 105 cm³/mol. The Kier molecular flexibility index (Phi) is 2.65. The minimum Gasteiger partial charge on any atom is -0.454 e. The van der Waals surface area contributed by atoms with E-state index in [0.29, 0.717) is 12.1 Å². The second kappa shape index (κ2) is 4.94. The highest BCUT2D eigenvalue weighted by molar-refractivity contribution is 6.06. The molecular weight excluding hydrogens is 340 g/mol. The summed E-state index contributed by atoms with van der Waals surface area (Å²) >= 11 is 0. The van der Waals surface area contributed by atoms with Crippen molar-refractivity contribution in [1.29, 1.82) is 0 Å². The number of nitrogens with one attached hydrogen (secondary N) is 1. The Bertz CT molecular complexity index is 1480. The van der Waals surface area contributed by atoms with E-state index in [9.17, 15) is 0 Å². The van der Waals surface area contributed by atoms with E-state index in [-0.39, 0.29) is 0 Å². The molecule has 0 unspecified atom stereocenters. The summed E-state index contributed by atoms with van der Waals surface area (Å²) < 4.78 is 13.4. The first kappa shape index (κ1) is 14.5. The third kappa shape index (κ3) is 1.92. The van der Waals surface area contributed by atoms with E-state index in [1.165, 1.54) is 0 Å². The standard InChI is InChI=1S/C21H16N4O2/c1-11-20-15(10-23-11)14-8-12(6-7-17(14)26-20)9-18-24-21-19(25(18)22)13-4-2-3-5-16(13)27-21/h2-8,10,23H,9,22H2,1H3. The smallest absolute Gasteiger partial charge is 0.248 e. The highest BCUT2D eigenvalue weighted by Gasteiger charge is 2.17. The van der Waals surface area contributed by atoms with Crippen molar-refractivity contribution in [2.45, 2.75) is 13.3 Å². The highest BCUT2D eigenvalue weighted by Crippen LogP contribution is 2.32. The molecule has 6 aromatic rings. The van der Waals surface area contributed by atoms with Gasteiger partial charge in [0.05, 0.1) is 5.69 Å². The van der Waals surface area contributed by atoms with E-state index in [2.05, 4.69) is 22.1 Å². The summed E-state index contributed by atoms with van der Waals surface area (Å²) in [5.41, 5.74) is 6.14. The summed E-state index contributed by atoms with van der Waals surface area (Å²) in [4.78, 5) is 7.84. The Morgan fingerprint density at radius 3 is 2.81 bits per heavy atom. The lowest BCUT2D eigenvalue weighted by atomic mass is 10.1. The van der Waals surface area contributed by atoms with Gasteiger partial charge in [0.1, 0.15) is 22.5 Å². The van der Waals surface area contributed by atoms with Gasteiger partial charge in [-0.25, -0.2) is 4.68 Å². The maximum absolute atomic E-state index is 6.35. The molecule has 0 radical (unpaired) electrons. The second-order valence-electron chi connectivity index (χ2n) is 6.92. The van der Waals surface area contributed by atoms with Crippen molar-refractivity contribution in [3.63, 3.8) is 0 Å². The molecule has 0 bridgehead atoms. The molecule has 4 aromatic heterocycles. The Balaban J connectivity index is 1.48. The summed E-state index contributed by atoms with van der Waals surface area (Å²) in [6.45, 7) is 2.01. The van der Waals surface area contributed by atoms with E-state index in [1.807, 2.05) is 43.5 Å². The number of aryl methyl sites for hydroxylation is 1. The van der Waals surface area contributed by atoms with Gasteiger partial charge in [-0.1, -0.05) is 18.2 Å². The molecule has 0 amide bonds. The van der Waals surface area contributed by atoms with Crippen molar-refractivity contribution in [2.24, 2.45) is 0 Å². The molecule has 0 saturated carbocycles. The average Bonchev–Trinajstić information content (AvgIpc) is 3.38. The summed E-state index contributed by atoms with van der Waals surface area (Å²) in [5.74, 6) is 7.12. The Labute approximate surface area is 153 Å². The van der Waals surface area contributed by atoms with E-state index < -0.39 is 0 Å². The SMILES string of the molecule is Cc1[nH]cc2c1oc1ccc(Cc3nc4oc5ccccc5c4n3N)cc12. The third-order valence-electron chi connectivity index (χ3n) is 5.23. The first-order valence-corrected chi connectivity index (χ1v) is 8.82. The molecule has 6 rings (SSSR count). The summed E-state index contributed by atoms with van der Waals surface area (Å²) in [5, 5.41) is 3.17. The molecule has 0 aliphatic heterocycles. The molecule has 6 nitrogen and oxygen atoms in total. The van der Waals surface area contributed by atoms with Gasteiger partial charge in [-0.2, -0.15) is 4.98 Å². The maximum Gasteiger partial charge on any atom is 0.248 e. The number of nitrogen functional groups attached to an aromatic ring is 1. The van der Waals surface area contributed by atoms with Gasteiger partial charge < -0.3 is 19.7 Å². The zero-order valence-electron chi connectivity index (χ0n) is 14.6. The largest absolute Gasteiger partial charge is 0.454 e. The zero-order chi connectivity index (χ0) is 18.1. The number of aromatic amines is 1. The monoisotopic (exact) mass is 356 g/mol. The first-order chi connectivity index (χ1) is 13.2. The van der Waals surface area contributed by atoms with Gasteiger partial charge in [-0.15, -0.1) is 0 Å². The molecule has 0 aliphatic rings. The minimum absolute atomic E-state index is 0.571. The van der Waals surface area contributed by atoms with Crippen LogP contribution < -0.4 is 5.84 Å². The van der Waals surface area contributed by atoms with Crippen LogP contribution in [0.1, 0.15) is 17.1 Å². The molecule has 6 heteroatoms. The van der Waals surface area contributed by atoms with Gasteiger partial charge in [0, 0.05) is 28.8 Å². The number of hydrogen-bond donors (Lipinski definition) is 2. The van der Waals surface area contributed by atoms with Crippen LogP contribution in [0.15, 0.2) is 57.5 Å². The van der Waals surface area contributed by atoms with Gasteiger partial charge >= 0.3 is 0 Å². The van der Waals surface area contributed by atoms with Crippen LogP contribution in [0.2, 0.25) is 0 Å². The molecule has 132 valence electrons. The van der Waals surface area contributed by atoms with Gasteiger partial charge in [0.2, 0.25) is 5.71 Å².